The van der Waals surface area contributed by atoms with Gasteiger partial charge in [0.1, 0.15) is 4.47 Å². The zero-order valence-electron chi connectivity index (χ0n) is 6.88. The molecule has 0 fully saturated rings. The van der Waals surface area contributed by atoms with Crippen LogP contribution >= 0.6 is 31.9 Å². The molecule has 72 valence electrons. The third-order valence-electron chi connectivity index (χ3n) is 1.12. The van der Waals surface area contributed by atoms with Crippen LogP contribution in [-0.2, 0) is 0 Å². The molecule has 0 aliphatic heterocycles. The first-order valence-electron chi connectivity index (χ1n) is 3.22. The Morgan fingerprint density at radius 1 is 1.54 bits per heavy atom. The SMILES string of the molecule is CN(C)C(=O)Oc1noc(Br)c1Br. The van der Waals surface area contributed by atoms with Gasteiger partial charge >= 0.3 is 6.09 Å². The molecule has 0 bridgehead atoms. The van der Waals surface area contributed by atoms with E-state index in [2.05, 4.69) is 37.0 Å². The standard InChI is InChI=1S/C6H6Br2N2O3/c1-10(2)6(11)12-5-3(7)4(8)13-9-5/h1-2H3. The van der Waals surface area contributed by atoms with Gasteiger partial charge in [-0.25, -0.2) is 4.79 Å². The molecule has 1 aromatic rings. The van der Waals surface area contributed by atoms with Crippen LogP contribution in [0, 0.1) is 0 Å². The topological polar surface area (TPSA) is 55.6 Å². The number of nitrogens with zero attached hydrogens (tertiary/aromatic N) is 2. The second kappa shape index (κ2) is 4.10. The molecule has 13 heavy (non-hydrogen) atoms. The average molecular weight is 314 g/mol. The van der Waals surface area contributed by atoms with Crippen LogP contribution in [0.15, 0.2) is 13.7 Å². The largest absolute Gasteiger partial charge is 0.416 e. The van der Waals surface area contributed by atoms with Crippen molar-refractivity contribution in [2.45, 2.75) is 0 Å². The van der Waals surface area contributed by atoms with Crippen molar-refractivity contribution in [3.05, 3.63) is 9.14 Å². The lowest BCUT2D eigenvalue weighted by Crippen LogP contribution is -2.25. The molecule has 0 saturated heterocycles. The first kappa shape index (κ1) is 10.5. The van der Waals surface area contributed by atoms with E-state index in [0.717, 1.165) is 0 Å². The summed E-state index contributed by atoms with van der Waals surface area (Å²) in [6.45, 7) is 0. The highest BCUT2D eigenvalue weighted by Gasteiger charge is 2.16. The second-order valence-electron chi connectivity index (χ2n) is 2.34. The Morgan fingerprint density at radius 3 is 2.54 bits per heavy atom. The molecule has 0 spiro atoms. The van der Waals surface area contributed by atoms with Gasteiger partial charge < -0.3 is 14.2 Å². The van der Waals surface area contributed by atoms with Crippen molar-refractivity contribution in [3.63, 3.8) is 0 Å². The molecule has 5 nitrogen and oxygen atoms in total. The second-order valence-corrected chi connectivity index (χ2v) is 3.85. The first-order chi connectivity index (χ1) is 6.02. The number of ether oxygens (including phenoxy) is 1. The minimum absolute atomic E-state index is 0.102. The van der Waals surface area contributed by atoms with Gasteiger partial charge in [-0.1, -0.05) is 0 Å². The Balaban J connectivity index is 2.75. The van der Waals surface area contributed by atoms with Crippen LogP contribution in [0.4, 0.5) is 4.79 Å². The summed E-state index contributed by atoms with van der Waals surface area (Å²) >= 11 is 6.19. The summed E-state index contributed by atoms with van der Waals surface area (Å²) in [5, 5.41) is 3.50. The molecule has 1 heterocycles. The van der Waals surface area contributed by atoms with Gasteiger partial charge in [0.25, 0.3) is 5.88 Å². The van der Waals surface area contributed by atoms with Crippen molar-refractivity contribution in [1.82, 2.24) is 10.1 Å². The number of halogens is 2. The van der Waals surface area contributed by atoms with Gasteiger partial charge in [-0.05, 0) is 37.0 Å². The lowest BCUT2D eigenvalue weighted by atomic mass is 10.7. The van der Waals surface area contributed by atoms with E-state index in [1.165, 1.54) is 4.90 Å². The summed E-state index contributed by atoms with van der Waals surface area (Å²) in [7, 11) is 3.15. The van der Waals surface area contributed by atoms with Gasteiger partial charge in [0, 0.05) is 14.1 Å². The molecule has 0 unspecified atom stereocenters. The number of carbonyl (C=O) groups is 1. The first-order valence-corrected chi connectivity index (χ1v) is 4.80. The number of aromatic nitrogens is 1. The lowest BCUT2D eigenvalue weighted by Gasteiger charge is -2.07. The number of hydrogen-bond donors (Lipinski definition) is 0. The maximum Gasteiger partial charge on any atom is 0.416 e. The average Bonchev–Trinajstić information content (AvgIpc) is 2.36. The minimum atomic E-state index is -0.512. The summed E-state index contributed by atoms with van der Waals surface area (Å²) in [6, 6.07) is 0. The molecule has 1 amide bonds. The zero-order chi connectivity index (χ0) is 10.0. The van der Waals surface area contributed by atoms with Crippen LogP contribution in [-0.4, -0.2) is 30.2 Å². The molecule has 0 radical (unpaired) electrons. The Bertz CT molecular complexity index is 324. The summed E-state index contributed by atoms with van der Waals surface area (Å²) in [4.78, 5) is 12.3. The quantitative estimate of drug-likeness (QED) is 0.798. The number of carbonyl (C=O) groups excluding carboxylic acids is 1. The van der Waals surface area contributed by atoms with Crippen molar-refractivity contribution in [3.8, 4) is 5.88 Å². The third-order valence-corrected chi connectivity index (χ3v) is 2.89. The van der Waals surface area contributed by atoms with Gasteiger partial charge in [0.2, 0.25) is 4.67 Å². The summed E-state index contributed by atoms with van der Waals surface area (Å²) in [6.07, 6.45) is -0.512. The van der Waals surface area contributed by atoms with Crippen molar-refractivity contribution >= 4 is 38.0 Å². The molecule has 0 aliphatic rings. The van der Waals surface area contributed by atoms with E-state index < -0.39 is 6.09 Å². The fraction of sp³-hybridized carbons (Fsp3) is 0.333. The summed E-state index contributed by atoms with van der Waals surface area (Å²) < 4.78 is 10.4. The van der Waals surface area contributed by atoms with Crippen LogP contribution in [0.1, 0.15) is 0 Å². The molecule has 0 atom stereocenters. The van der Waals surface area contributed by atoms with E-state index in [1.807, 2.05) is 0 Å². The van der Waals surface area contributed by atoms with Crippen LogP contribution in [0.3, 0.4) is 0 Å². The van der Waals surface area contributed by atoms with Crippen LogP contribution in [0.2, 0.25) is 0 Å². The number of rotatable bonds is 1. The summed E-state index contributed by atoms with van der Waals surface area (Å²) in [5.41, 5.74) is 0. The van der Waals surface area contributed by atoms with Gasteiger partial charge in [-0.3, -0.25) is 0 Å². The Morgan fingerprint density at radius 2 is 2.15 bits per heavy atom. The van der Waals surface area contributed by atoms with E-state index in [0.29, 0.717) is 9.14 Å². The molecule has 0 aromatic carbocycles. The summed E-state index contributed by atoms with van der Waals surface area (Å²) in [5.74, 6) is 0.102. The fourth-order valence-corrected chi connectivity index (χ4v) is 0.951. The van der Waals surface area contributed by atoms with Crippen molar-refractivity contribution in [1.29, 1.82) is 0 Å². The Hall–Kier alpha value is -0.560. The molecule has 0 saturated carbocycles. The highest BCUT2D eigenvalue weighted by atomic mass is 79.9. The fourth-order valence-electron chi connectivity index (χ4n) is 0.483. The maximum atomic E-state index is 11.1. The van der Waals surface area contributed by atoms with Gasteiger partial charge in [-0.2, -0.15) is 0 Å². The van der Waals surface area contributed by atoms with Crippen molar-refractivity contribution in [2.24, 2.45) is 0 Å². The monoisotopic (exact) mass is 312 g/mol. The van der Waals surface area contributed by atoms with Gasteiger partial charge in [0.15, 0.2) is 0 Å². The molecule has 1 aromatic heterocycles. The van der Waals surface area contributed by atoms with E-state index in [9.17, 15) is 4.79 Å². The molecule has 0 aliphatic carbocycles. The highest BCUT2D eigenvalue weighted by molar-refractivity contribution is 9.13. The van der Waals surface area contributed by atoms with Gasteiger partial charge in [-0.15, -0.1) is 0 Å². The van der Waals surface area contributed by atoms with E-state index in [-0.39, 0.29) is 5.88 Å². The van der Waals surface area contributed by atoms with Crippen LogP contribution in [0.5, 0.6) is 5.88 Å². The lowest BCUT2D eigenvalue weighted by molar-refractivity contribution is 0.167. The van der Waals surface area contributed by atoms with Gasteiger partial charge in [0.05, 0.1) is 0 Å². The van der Waals surface area contributed by atoms with Crippen LogP contribution < -0.4 is 4.74 Å². The number of hydrogen-bond acceptors (Lipinski definition) is 4. The Kier molecular flexibility index (Phi) is 3.32. The van der Waals surface area contributed by atoms with Crippen molar-refractivity contribution in [2.75, 3.05) is 14.1 Å². The maximum absolute atomic E-state index is 11.1. The Labute approximate surface area is 91.3 Å². The normalized spacial score (nSPS) is 9.85. The van der Waals surface area contributed by atoms with Crippen molar-refractivity contribution < 1.29 is 14.1 Å². The molecule has 0 N–H and O–H groups in total. The molecule has 1 rings (SSSR count). The number of amides is 1. The molecular formula is C6H6Br2N2O3. The van der Waals surface area contributed by atoms with E-state index in [1.54, 1.807) is 14.1 Å². The minimum Gasteiger partial charge on any atom is -0.386 e. The van der Waals surface area contributed by atoms with Crippen LogP contribution in [0.25, 0.3) is 0 Å². The highest BCUT2D eigenvalue weighted by Crippen LogP contribution is 2.31. The predicted molar refractivity (Wildman–Crippen MR) is 51.6 cm³/mol. The molecular weight excluding hydrogens is 308 g/mol. The zero-order valence-corrected chi connectivity index (χ0v) is 10.0. The third kappa shape index (κ3) is 2.44. The smallest absolute Gasteiger partial charge is 0.386 e. The van der Waals surface area contributed by atoms with E-state index in [4.69, 9.17) is 9.26 Å². The predicted octanol–water partition coefficient (Wildman–Crippen LogP) is 2.26. The van der Waals surface area contributed by atoms with E-state index >= 15 is 0 Å². The molecule has 7 heteroatoms.